The Bertz CT molecular complexity index is 932. The van der Waals surface area contributed by atoms with Crippen LogP contribution in [0.15, 0.2) is 72.8 Å². The van der Waals surface area contributed by atoms with Gasteiger partial charge in [0, 0.05) is 33.6 Å². The first-order chi connectivity index (χ1) is 11.6. The number of para-hydroxylation sites is 1. The van der Waals surface area contributed by atoms with E-state index in [0.29, 0.717) is 33.6 Å². The van der Waals surface area contributed by atoms with Crippen molar-refractivity contribution in [3.05, 3.63) is 95.1 Å². The molecule has 0 unspecified atom stereocenters. The van der Waals surface area contributed by atoms with Gasteiger partial charge in [-0.2, -0.15) is 0 Å². The monoisotopic (exact) mass is 316 g/mol. The van der Waals surface area contributed by atoms with Gasteiger partial charge in [-0.3, -0.25) is 9.59 Å². The van der Waals surface area contributed by atoms with Crippen LogP contribution in [0.3, 0.4) is 0 Å². The summed E-state index contributed by atoms with van der Waals surface area (Å²) in [5.41, 5.74) is 14.0. The zero-order chi connectivity index (χ0) is 17.1. The number of carbonyl (C=O) groups excluding carboxylic acids is 2. The van der Waals surface area contributed by atoms with Gasteiger partial charge in [-0.15, -0.1) is 0 Å². The van der Waals surface area contributed by atoms with Crippen molar-refractivity contribution in [2.75, 3.05) is 11.5 Å². The van der Waals surface area contributed by atoms with Crippen LogP contribution in [0.2, 0.25) is 0 Å². The quantitative estimate of drug-likeness (QED) is 0.571. The highest BCUT2D eigenvalue weighted by Gasteiger charge is 2.20. The summed E-state index contributed by atoms with van der Waals surface area (Å²) >= 11 is 0. The third kappa shape index (κ3) is 2.90. The van der Waals surface area contributed by atoms with E-state index in [9.17, 15) is 9.59 Å². The van der Waals surface area contributed by atoms with E-state index < -0.39 is 0 Å². The molecule has 0 aromatic heterocycles. The van der Waals surface area contributed by atoms with Crippen molar-refractivity contribution in [3.63, 3.8) is 0 Å². The van der Waals surface area contributed by atoms with Crippen molar-refractivity contribution in [3.8, 4) is 0 Å². The highest BCUT2D eigenvalue weighted by Crippen LogP contribution is 2.22. The summed E-state index contributed by atoms with van der Waals surface area (Å²) in [6.45, 7) is 0. The summed E-state index contributed by atoms with van der Waals surface area (Å²) in [4.78, 5) is 25.6. The van der Waals surface area contributed by atoms with Gasteiger partial charge in [0.1, 0.15) is 0 Å². The number of hydrogen-bond donors (Lipinski definition) is 2. The molecule has 0 atom stereocenters. The number of hydrogen-bond acceptors (Lipinski definition) is 4. The maximum Gasteiger partial charge on any atom is 0.195 e. The van der Waals surface area contributed by atoms with E-state index in [4.69, 9.17) is 11.5 Å². The van der Waals surface area contributed by atoms with Crippen molar-refractivity contribution >= 4 is 22.9 Å². The molecule has 0 spiro atoms. The van der Waals surface area contributed by atoms with Crippen LogP contribution >= 0.6 is 0 Å². The zero-order valence-electron chi connectivity index (χ0n) is 12.9. The Hall–Kier alpha value is -3.40. The van der Waals surface area contributed by atoms with Crippen molar-refractivity contribution < 1.29 is 9.59 Å². The van der Waals surface area contributed by atoms with Crippen molar-refractivity contribution in [1.82, 2.24) is 0 Å². The lowest BCUT2D eigenvalue weighted by Gasteiger charge is -2.10. The van der Waals surface area contributed by atoms with E-state index in [2.05, 4.69) is 0 Å². The van der Waals surface area contributed by atoms with Crippen molar-refractivity contribution in [1.29, 1.82) is 0 Å². The topological polar surface area (TPSA) is 86.2 Å². The lowest BCUT2D eigenvalue weighted by atomic mass is 9.93. The Morgan fingerprint density at radius 1 is 0.625 bits per heavy atom. The number of anilines is 2. The number of nitrogens with two attached hydrogens (primary N) is 2. The summed E-state index contributed by atoms with van der Waals surface area (Å²) in [5, 5.41) is 0. The minimum Gasteiger partial charge on any atom is -0.399 e. The summed E-state index contributed by atoms with van der Waals surface area (Å²) in [5.74, 6) is -0.526. The molecule has 4 heteroatoms. The summed E-state index contributed by atoms with van der Waals surface area (Å²) in [6, 6.07) is 20.2. The van der Waals surface area contributed by atoms with Crippen LogP contribution < -0.4 is 11.5 Å². The van der Waals surface area contributed by atoms with Crippen LogP contribution in [0.4, 0.5) is 11.4 Å². The third-order valence-corrected chi connectivity index (χ3v) is 3.77. The van der Waals surface area contributed by atoms with E-state index in [1.54, 1.807) is 72.8 Å². The lowest BCUT2D eigenvalue weighted by molar-refractivity contribution is 0.100. The number of benzene rings is 3. The first-order valence-electron chi connectivity index (χ1n) is 7.46. The average molecular weight is 316 g/mol. The van der Waals surface area contributed by atoms with Gasteiger partial charge in [0.05, 0.1) is 0 Å². The van der Waals surface area contributed by atoms with E-state index >= 15 is 0 Å². The fourth-order valence-electron chi connectivity index (χ4n) is 2.56. The summed E-state index contributed by atoms with van der Waals surface area (Å²) < 4.78 is 0. The fourth-order valence-corrected chi connectivity index (χ4v) is 2.56. The first kappa shape index (κ1) is 15.5. The maximum absolute atomic E-state index is 12.8. The Balaban J connectivity index is 2.07. The molecule has 4 nitrogen and oxygen atoms in total. The molecule has 0 amide bonds. The summed E-state index contributed by atoms with van der Waals surface area (Å²) in [6.07, 6.45) is 0. The minimum absolute atomic E-state index is 0.249. The lowest BCUT2D eigenvalue weighted by Crippen LogP contribution is -2.12. The van der Waals surface area contributed by atoms with E-state index in [1.165, 1.54) is 0 Å². The zero-order valence-corrected chi connectivity index (χ0v) is 12.9. The molecule has 0 fully saturated rings. The van der Waals surface area contributed by atoms with Gasteiger partial charge in [0.15, 0.2) is 11.6 Å². The van der Waals surface area contributed by atoms with E-state index in [1.807, 2.05) is 0 Å². The molecule has 0 saturated carbocycles. The van der Waals surface area contributed by atoms with Gasteiger partial charge in [-0.1, -0.05) is 48.5 Å². The maximum atomic E-state index is 12.8. The normalized spacial score (nSPS) is 10.3. The van der Waals surface area contributed by atoms with Crippen LogP contribution in [0.5, 0.6) is 0 Å². The molecule has 3 aromatic carbocycles. The second-order valence-corrected chi connectivity index (χ2v) is 5.42. The molecule has 24 heavy (non-hydrogen) atoms. The third-order valence-electron chi connectivity index (χ3n) is 3.77. The second kappa shape index (κ2) is 6.38. The Labute approximate surface area is 139 Å². The van der Waals surface area contributed by atoms with Crippen LogP contribution in [0, 0.1) is 0 Å². The van der Waals surface area contributed by atoms with E-state index in [-0.39, 0.29) is 11.6 Å². The minimum atomic E-state index is -0.277. The van der Waals surface area contributed by atoms with Gasteiger partial charge in [0.25, 0.3) is 0 Å². The number of rotatable bonds is 4. The van der Waals surface area contributed by atoms with Crippen molar-refractivity contribution in [2.24, 2.45) is 0 Å². The first-order valence-corrected chi connectivity index (χ1v) is 7.46. The molecule has 3 rings (SSSR count). The Morgan fingerprint density at radius 3 is 1.83 bits per heavy atom. The second-order valence-electron chi connectivity index (χ2n) is 5.42. The molecular formula is C20H16N2O2. The predicted octanol–water partition coefficient (Wildman–Crippen LogP) is 3.31. The van der Waals surface area contributed by atoms with Gasteiger partial charge in [0.2, 0.25) is 0 Å². The Kier molecular flexibility index (Phi) is 4.12. The SMILES string of the molecule is Nc1cccc(C(=O)c2ccccc2C(=O)c2ccccc2N)c1. The van der Waals surface area contributed by atoms with E-state index in [0.717, 1.165) is 0 Å². The molecule has 0 aliphatic heterocycles. The highest BCUT2D eigenvalue weighted by molar-refractivity contribution is 6.20. The number of ketones is 2. The molecule has 0 heterocycles. The van der Waals surface area contributed by atoms with Crippen LogP contribution in [0.1, 0.15) is 31.8 Å². The molecule has 118 valence electrons. The Morgan fingerprint density at radius 2 is 1.21 bits per heavy atom. The molecule has 0 saturated heterocycles. The molecule has 0 bridgehead atoms. The largest absolute Gasteiger partial charge is 0.399 e. The molecule has 4 N–H and O–H groups in total. The summed E-state index contributed by atoms with van der Waals surface area (Å²) in [7, 11) is 0. The predicted molar refractivity (Wildman–Crippen MR) is 95.0 cm³/mol. The highest BCUT2D eigenvalue weighted by atomic mass is 16.1. The fraction of sp³-hybridized carbons (Fsp3) is 0. The molecule has 0 aliphatic carbocycles. The molecular weight excluding hydrogens is 300 g/mol. The molecule has 0 aliphatic rings. The number of carbonyl (C=O) groups is 2. The van der Waals surface area contributed by atoms with Crippen LogP contribution in [0.25, 0.3) is 0 Å². The van der Waals surface area contributed by atoms with Crippen molar-refractivity contribution in [2.45, 2.75) is 0 Å². The molecule has 0 radical (unpaired) electrons. The van der Waals surface area contributed by atoms with Gasteiger partial charge in [-0.25, -0.2) is 0 Å². The van der Waals surface area contributed by atoms with Gasteiger partial charge >= 0.3 is 0 Å². The average Bonchev–Trinajstić information content (AvgIpc) is 2.61. The molecule has 3 aromatic rings. The van der Waals surface area contributed by atoms with Crippen LogP contribution in [-0.2, 0) is 0 Å². The van der Waals surface area contributed by atoms with Gasteiger partial charge in [-0.05, 0) is 24.3 Å². The number of nitrogen functional groups attached to an aromatic ring is 2. The van der Waals surface area contributed by atoms with Gasteiger partial charge < -0.3 is 11.5 Å². The standard InChI is InChI=1S/C20H16N2O2/c21-14-7-5-6-13(12-14)19(23)15-8-1-2-9-16(15)20(24)17-10-3-4-11-18(17)22/h1-12H,21-22H2. The van der Waals surface area contributed by atoms with Crippen LogP contribution in [-0.4, -0.2) is 11.6 Å². The smallest absolute Gasteiger partial charge is 0.195 e.